The summed E-state index contributed by atoms with van der Waals surface area (Å²) in [5.74, 6) is -0.685. The van der Waals surface area contributed by atoms with Gasteiger partial charge in [0.2, 0.25) is 15.9 Å². The largest absolute Gasteiger partial charge is 0.352 e. The van der Waals surface area contributed by atoms with E-state index in [1.807, 2.05) is 0 Å². The van der Waals surface area contributed by atoms with E-state index in [1.54, 1.807) is 0 Å². The van der Waals surface area contributed by atoms with Gasteiger partial charge in [0, 0.05) is 25.6 Å². The summed E-state index contributed by atoms with van der Waals surface area (Å²) >= 11 is 0. The van der Waals surface area contributed by atoms with Crippen LogP contribution in [0.15, 0.2) is 29.2 Å². The minimum Gasteiger partial charge on any atom is -0.352 e. The molecular weight excluding hydrogens is 381 g/mol. The van der Waals surface area contributed by atoms with Crippen LogP contribution >= 0.6 is 12.4 Å². The molecule has 0 aromatic heterocycles. The summed E-state index contributed by atoms with van der Waals surface area (Å²) in [6.07, 6.45) is 5.62. The van der Waals surface area contributed by atoms with Gasteiger partial charge in [0.15, 0.2) is 0 Å². The standard InChI is InChI=1S/C17H26FN3O3S.ClH/c18-14-8-4-5-9-16(14)25(23,24)20-11-10-17(22)21-15(12-19)13-6-2-1-3-7-13;/h4-5,8-9,13,15,20H,1-3,6-7,10-12,19H2,(H,21,22);1H. The van der Waals surface area contributed by atoms with Gasteiger partial charge in [-0.05, 0) is 30.9 Å². The van der Waals surface area contributed by atoms with Crippen LogP contribution in [-0.2, 0) is 14.8 Å². The van der Waals surface area contributed by atoms with Crippen molar-refractivity contribution in [3.8, 4) is 0 Å². The van der Waals surface area contributed by atoms with Crippen molar-refractivity contribution >= 4 is 28.3 Å². The van der Waals surface area contributed by atoms with Crippen molar-refractivity contribution in [1.29, 1.82) is 0 Å². The van der Waals surface area contributed by atoms with E-state index in [9.17, 15) is 17.6 Å². The second-order valence-electron chi connectivity index (χ2n) is 6.39. The van der Waals surface area contributed by atoms with Crippen molar-refractivity contribution in [1.82, 2.24) is 10.0 Å². The molecule has 26 heavy (non-hydrogen) atoms. The maximum absolute atomic E-state index is 13.6. The van der Waals surface area contributed by atoms with E-state index in [-0.39, 0.29) is 37.3 Å². The van der Waals surface area contributed by atoms with Gasteiger partial charge in [-0.1, -0.05) is 31.4 Å². The fraction of sp³-hybridized carbons (Fsp3) is 0.588. The van der Waals surface area contributed by atoms with Gasteiger partial charge < -0.3 is 11.1 Å². The Morgan fingerprint density at radius 3 is 2.50 bits per heavy atom. The smallest absolute Gasteiger partial charge is 0.243 e. The summed E-state index contributed by atoms with van der Waals surface area (Å²) in [5.41, 5.74) is 5.77. The molecule has 1 fully saturated rings. The van der Waals surface area contributed by atoms with Crippen LogP contribution in [0.2, 0.25) is 0 Å². The lowest BCUT2D eigenvalue weighted by atomic mass is 9.84. The highest BCUT2D eigenvalue weighted by molar-refractivity contribution is 7.89. The number of nitrogens with one attached hydrogen (secondary N) is 2. The summed E-state index contributed by atoms with van der Waals surface area (Å²) < 4.78 is 40.0. The average molecular weight is 408 g/mol. The zero-order valence-corrected chi connectivity index (χ0v) is 16.3. The molecule has 0 bridgehead atoms. The highest BCUT2D eigenvalue weighted by atomic mass is 35.5. The monoisotopic (exact) mass is 407 g/mol. The summed E-state index contributed by atoms with van der Waals surface area (Å²) in [6.45, 7) is 0.280. The fourth-order valence-electron chi connectivity index (χ4n) is 3.22. The Kier molecular flexibility index (Phi) is 9.49. The molecule has 1 saturated carbocycles. The number of rotatable bonds is 8. The molecule has 2 rings (SSSR count). The molecule has 1 unspecified atom stereocenters. The summed E-state index contributed by atoms with van der Waals surface area (Å²) in [4.78, 5) is 11.6. The number of hydrogen-bond acceptors (Lipinski definition) is 4. The summed E-state index contributed by atoms with van der Waals surface area (Å²) in [6, 6.07) is 5.05. The molecule has 0 spiro atoms. The van der Waals surface area contributed by atoms with Crippen molar-refractivity contribution in [2.45, 2.75) is 49.5 Å². The summed E-state index contributed by atoms with van der Waals surface area (Å²) in [7, 11) is -3.97. The van der Waals surface area contributed by atoms with Crippen molar-refractivity contribution in [3.05, 3.63) is 30.1 Å². The first-order chi connectivity index (χ1) is 11.9. The number of nitrogens with two attached hydrogens (primary N) is 1. The maximum Gasteiger partial charge on any atom is 0.243 e. The molecule has 0 heterocycles. The molecule has 0 radical (unpaired) electrons. The van der Waals surface area contributed by atoms with E-state index in [1.165, 1.54) is 24.6 Å². The molecular formula is C17H27ClFN3O3S. The van der Waals surface area contributed by atoms with Gasteiger partial charge in [0.05, 0.1) is 0 Å². The van der Waals surface area contributed by atoms with Crippen LogP contribution in [0.4, 0.5) is 4.39 Å². The second kappa shape index (κ2) is 10.8. The lowest BCUT2D eigenvalue weighted by molar-refractivity contribution is -0.122. The van der Waals surface area contributed by atoms with Crippen LogP contribution in [0.5, 0.6) is 0 Å². The number of hydrogen-bond donors (Lipinski definition) is 3. The average Bonchev–Trinajstić information content (AvgIpc) is 2.60. The number of halogens is 2. The minimum atomic E-state index is -3.97. The van der Waals surface area contributed by atoms with Gasteiger partial charge in [-0.3, -0.25) is 4.79 Å². The summed E-state index contributed by atoms with van der Waals surface area (Å²) in [5, 5.41) is 2.90. The van der Waals surface area contributed by atoms with Crippen molar-refractivity contribution < 1.29 is 17.6 Å². The third-order valence-electron chi connectivity index (χ3n) is 4.59. The SMILES string of the molecule is Cl.NCC(NC(=O)CCNS(=O)(=O)c1ccccc1F)C1CCCCC1. The van der Waals surface area contributed by atoms with E-state index < -0.39 is 20.7 Å². The molecule has 4 N–H and O–H groups in total. The topological polar surface area (TPSA) is 101 Å². The number of carbonyl (C=O) groups is 1. The Hall–Kier alpha value is -1.22. The molecule has 6 nitrogen and oxygen atoms in total. The van der Waals surface area contributed by atoms with Crippen LogP contribution in [0.1, 0.15) is 38.5 Å². The third kappa shape index (κ3) is 6.50. The van der Waals surface area contributed by atoms with Crippen LogP contribution in [0.25, 0.3) is 0 Å². The first-order valence-corrected chi connectivity index (χ1v) is 10.2. The van der Waals surface area contributed by atoms with E-state index >= 15 is 0 Å². The predicted molar refractivity (Wildman–Crippen MR) is 101 cm³/mol. The minimum absolute atomic E-state index is 0. The second-order valence-corrected chi connectivity index (χ2v) is 8.12. The molecule has 0 saturated heterocycles. The molecule has 1 aliphatic carbocycles. The number of carbonyl (C=O) groups excluding carboxylic acids is 1. The first kappa shape index (κ1) is 22.8. The van der Waals surface area contributed by atoms with Gasteiger partial charge >= 0.3 is 0 Å². The normalized spacial score (nSPS) is 16.5. The van der Waals surface area contributed by atoms with E-state index in [2.05, 4.69) is 10.0 Å². The Morgan fingerprint density at radius 1 is 1.23 bits per heavy atom. The highest BCUT2D eigenvalue weighted by Gasteiger charge is 2.24. The molecule has 148 valence electrons. The van der Waals surface area contributed by atoms with Gasteiger partial charge in [0.25, 0.3) is 0 Å². The number of sulfonamides is 1. The molecule has 1 amide bonds. The third-order valence-corrected chi connectivity index (χ3v) is 6.08. The van der Waals surface area contributed by atoms with Crippen molar-refractivity contribution in [3.63, 3.8) is 0 Å². The first-order valence-electron chi connectivity index (χ1n) is 8.67. The molecule has 1 aliphatic rings. The number of amides is 1. The predicted octanol–water partition coefficient (Wildman–Crippen LogP) is 1.94. The fourth-order valence-corrected chi connectivity index (χ4v) is 4.33. The molecule has 1 atom stereocenters. The lowest BCUT2D eigenvalue weighted by Crippen LogP contribution is -2.46. The maximum atomic E-state index is 13.6. The zero-order valence-electron chi connectivity index (χ0n) is 14.6. The lowest BCUT2D eigenvalue weighted by Gasteiger charge is -2.30. The van der Waals surface area contributed by atoms with Crippen LogP contribution < -0.4 is 15.8 Å². The van der Waals surface area contributed by atoms with Crippen molar-refractivity contribution in [2.24, 2.45) is 11.7 Å². The number of benzene rings is 1. The Morgan fingerprint density at radius 2 is 1.88 bits per heavy atom. The van der Waals surface area contributed by atoms with E-state index in [4.69, 9.17) is 5.73 Å². The van der Waals surface area contributed by atoms with Crippen molar-refractivity contribution in [2.75, 3.05) is 13.1 Å². The van der Waals surface area contributed by atoms with Gasteiger partial charge in [-0.15, -0.1) is 12.4 Å². The highest BCUT2D eigenvalue weighted by Crippen LogP contribution is 2.26. The Bertz CT molecular complexity index is 682. The molecule has 0 aliphatic heterocycles. The Balaban J connectivity index is 0.00000338. The van der Waals surface area contributed by atoms with Gasteiger partial charge in [-0.25, -0.2) is 17.5 Å². The zero-order chi connectivity index (χ0) is 18.3. The molecule has 1 aromatic carbocycles. The van der Waals surface area contributed by atoms with Crippen LogP contribution in [-0.4, -0.2) is 33.5 Å². The van der Waals surface area contributed by atoms with Crippen LogP contribution in [0, 0.1) is 11.7 Å². The van der Waals surface area contributed by atoms with Gasteiger partial charge in [-0.2, -0.15) is 0 Å². The Labute approximate surface area is 160 Å². The molecule has 9 heteroatoms. The van der Waals surface area contributed by atoms with E-state index in [0.29, 0.717) is 12.5 Å². The van der Waals surface area contributed by atoms with Gasteiger partial charge in [0.1, 0.15) is 10.7 Å². The van der Waals surface area contributed by atoms with Crippen LogP contribution in [0.3, 0.4) is 0 Å². The van der Waals surface area contributed by atoms with E-state index in [0.717, 1.165) is 31.7 Å². The molecule has 1 aromatic rings. The quantitative estimate of drug-likeness (QED) is 0.612.